The smallest absolute Gasteiger partial charge is 0.244 e. The molecule has 27 heavy (non-hydrogen) atoms. The van der Waals surface area contributed by atoms with Crippen LogP contribution < -0.4 is 9.47 Å². The Hall–Kier alpha value is -2.64. The molecular weight excluding hydrogens is 368 g/mol. The molecule has 0 aliphatic carbocycles. The topological polar surface area (TPSA) is 73.5 Å². The molecule has 2 aliphatic heterocycles. The number of halogens is 1. The van der Waals surface area contributed by atoms with Crippen molar-refractivity contribution in [2.75, 3.05) is 13.3 Å². The molecule has 1 aromatic carbocycles. The molecule has 7 nitrogen and oxygen atoms in total. The van der Waals surface area contributed by atoms with Crippen LogP contribution in [-0.2, 0) is 6.54 Å². The summed E-state index contributed by atoms with van der Waals surface area (Å²) in [5.74, 6) is 2.65. The van der Waals surface area contributed by atoms with Crippen molar-refractivity contribution in [3.63, 3.8) is 0 Å². The molecule has 0 spiro atoms. The number of ether oxygens (including phenoxy) is 2. The van der Waals surface area contributed by atoms with Crippen molar-refractivity contribution in [1.29, 1.82) is 0 Å². The van der Waals surface area contributed by atoms with Crippen LogP contribution in [0, 0.1) is 0 Å². The predicted octanol–water partition coefficient (Wildman–Crippen LogP) is 3.85. The first-order chi connectivity index (χ1) is 13.3. The second-order valence-corrected chi connectivity index (χ2v) is 7.02. The summed E-state index contributed by atoms with van der Waals surface area (Å²) in [5.41, 5.74) is 1.89. The van der Waals surface area contributed by atoms with Crippen LogP contribution in [0.4, 0.5) is 0 Å². The van der Waals surface area contributed by atoms with Crippen molar-refractivity contribution in [2.45, 2.75) is 25.4 Å². The number of fused-ring (bicyclic) bond motifs is 1. The van der Waals surface area contributed by atoms with Gasteiger partial charge in [0.05, 0.1) is 6.04 Å². The maximum absolute atomic E-state index is 6.44. The van der Waals surface area contributed by atoms with E-state index in [1.54, 1.807) is 12.4 Å². The Labute approximate surface area is 160 Å². The van der Waals surface area contributed by atoms with Gasteiger partial charge >= 0.3 is 0 Å². The summed E-state index contributed by atoms with van der Waals surface area (Å²) in [6.07, 6.45) is 5.48. The summed E-state index contributed by atoms with van der Waals surface area (Å²) in [7, 11) is 0. The van der Waals surface area contributed by atoms with Crippen molar-refractivity contribution in [3.8, 4) is 22.9 Å². The number of hydrogen-bond acceptors (Lipinski definition) is 7. The normalized spacial score (nSPS) is 18.9. The van der Waals surface area contributed by atoms with Crippen LogP contribution in [0.5, 0.6) is 11.5 Å². The van der Waals surface area contributed by atoms with Gasteiger partial charge in [0.2, 0.25) is 18.5 Å². The molecule has 0 saturated carbocycles. The zero-order chi connectivity index (χ0) is 18.2. The molecule has 4 heterocycles. The van der Waals surface area contributed by atoms with Gasteiger partial charge in [-0.1, -0.05) is 16.8 Å². The fraction of sp³-hybridized carbons (Fsp3) is 0.316. The standard InChI is InChI=1S/C19H17ClN4O3/c20-14-9-17-16(25-11-26-17)8-13(14)10-24-7-1-2-15(24)19-22-18(23-27-19)12-3-5-21-6-4-12/h3-6,8-9,15H,1-2,7,10-11H2/t15-/m0/s1. The van der Waals surface area contributed by atoms with Crippen LogP contribution in [0.15, 0.2) is 41.2 Å². The first-order valence-corrected chi connectivity index (χ1v) is 9.22. The lowest BCUT2D eigenvalue weighted by atomic mass is 10.1. The third-order valence-electron chi connectivity index (χ3n) is 4.94. The van der Waals surface area contributed by atoms with Gasteiger partial charge < -0.3 is 14.0 Å². The fourth-order valence-electron chi connectivity index (χ4n) is 3.58. The molecule has 0 amide bonds. The number of benzene rings is 1. The van der Waals surface area contributed by atoms with Gasteiger partial charge in [0.15, 0.2) is 11.5 Å². The predicted molar refractivity (Wildman–Crippen MR) is 97.5 cm³/mol. The Kier molecular flexibility index (Phi) is 4.18. The molecule has 0 N–H and O–H groups in total. The number of rotatable bonds is 4. The maximum Gasteiger partial charge on any atom is 0.244 e. The minimum Gasteiger partial charge on any atom is -0.454 e. The number of nitrogens with zero attached hydrogens (tertiary/aromatic N) is 4. The minimum absolute atomic E-state index is 0.0783. The van der Waals surface area contributed by atoms with Crippen molar-refractivity contribution >= 4 is 11.6 Å². The van der Waals surface area contributed by atoms with Crippen LogP contribution in [0.1, 0.15) is 30.3 Å². The number of aromatic nitrogens is 3. The van der Waals surface area contributed by atoms with E-state index < -0.39 is 0 Å². The summed E-state index contributed by atoms with van der Waals surface area (Å²) in [6.45, 7) is 1.87. The van der Waals surface area contributed by atoms with Crippen LogP contribution in [0.2, 0.25) is 5.02 Å². The van der Waals surface area contributed by atoms with E-state index in [1.807, 2.05) is 24.3 Å². The van der Waals surface area contributed by atoms with Gasteiger partial charge in [0.1, 0.15) is 0 Å². The summed E-state index contributed by atoms with van der Waals surface area (Å²) >= 11 is 6.44. The van der Waals surface area contributed by atoms with Crippen molar-refractivity contribution in [1.82, 2.24) is 20.0 Å². The van der Waals surface area contributed by atoms with Crippen molar-refractivity contribution in [2.24, 2.45) is 0 Å². The van der Waals surface area contributed by atoms with E-state index in [0.717, 1.165) is 36.3 Å². The second kappa shape index (κ2) is 6.83. The molecule has 1 atom stereocenters. The van der Waals surface area contributed by atoms with Gasteiger partial charge in [-0.2, -0.15) is 4.98 Å². The van der Waals surface area contributed by atoms with E-state index in [4.69, 9.17) is 25.6 Å². The summed E-state index contributed by atoms with van der Waals surface area (Å²) < 4.78 is 16.4. The monoisotopic (exact) mass is 384 g/mol. The molecule has 138 valence electrons. The van der Waals surface area contributed by atoms with Gasteiger partial charge in [0.25, 0.3) is 0 Å². The van der Waals surface area contributed by atoms with Gasteiger partial charge in [-0.15, -0.1) is 0 Å². The average molecular weight is 385 g/mol. The molecule has 5 rings (SSSR count). The lowest BCUT2D eigenvalue weighted by Crippen LogP contribution is -2.23. The van der Waals surface area contributed by atoms with Crippen LogP contribution in [0.25, 0.3) is 11.4 Å². The SMILES string of the molecule is Clc1cc2c(cc1CN1CCC[C@H]1c1nc(-c3ccncc3)no1)OCO2. The third kappa shape index (κ3) is 3.13. The first kappa shape index (κ1) is 16.5. The molecule has 3 aromatic rings. The Morgan fingerprint density at radius 3 is 2.81 bits per heavy atom. The summed E-state index contributed by atoms with van der Waals surface area (Å²) in [6, 6.07) is 7.59. The summed E-state index contributed by atoms with van der Waals surface area (Å²) in [4.78, 5) is 10.9. The Morgan fingerprint density at radius 2 is 1.96 bits per heavy atom. The van der Waals surface area contributed by atoms with Gasteiger partial charge in [-0.3, -0.25) is 9.88 Å². The van der Waals surface area contributed by atoms with E-state index in [2.05, 4.69) is 20.0 Å². The third-order valence-corrected chi connectivity index (χ3v) is 5.30. The molecule has 0 bridgehead atoms. The van der Waals surface area contributed by atoms with E-state index in [9.17, 15) is 0 Å². The van der Waals surface area contributed by atoms with Crippen LogP contribution >= 0.6 is 11.6 Å². The van der Waals surface area contributed by atoms with Crippen LogP contribution in [0.3, 0.4) is 0 Å². The highest BCUT2D eigenvalue weighted by Gasteiger charge is 2.31. The second-order valence-electron chi connectivity index (χ2n) is 6.62. The maximum atomic E-state index is 6.44. The Morgan fingerprint density at radius 1 is 1.15 bits per heavy atom. The highest BCUT2D eigenvalue weighted by atomic mass is 35.5. The zero-order valence-corrected chi connectivity index (χ0v) is 15.2. The highest BCUT2D eigenvalue weighted by Crippen LogP contribution is 2.39. The van der Waals surface area contributed by atoms with Gasteiger partial charge in [0, 0.05) is 35.6 Å². The highest BCUT2D eigenvalue weighted by molar-refractivity contribution is 6.31. The van der Waals surface area contributed by atoms with Crippen LogP contribution in [-0.4, -0.2) is 33.4 Å². The minimum atomic E-state index is 0.0783. The quantitative estimate of drug-likeness (QED) is 0.676. The lowest BCUT2D eigenvalue weighted by molar-refractivity contribution is 0.173. The molecule has 8 heteroatoms. The van der Waals surface area contributed by atoms with E-state index in [-0.39, 0.29) is 12.8 Å². The number of pyridine rings is 1. The van der Waals surface area contributed by atoms with E-state index in [0.29, 0.717) is 29.0 Å². The molecule has 1 saturated heterocycles. The van der Waals surface area contributed by atoms with Gasteiger partial charge in [-0.05, 0) is 43.1 Å². The fourth-order valence-corrected chi connectivity index (χ4v) is 3.80. The molecule has 2 aliphatic rings. The lowest BCUT2D eigenvalue weighted by Gasteiger charge is -2.22. The molecule has 2 aromatic heterocycles. The molecule has 0 radical (unpaired) electrons. The van der Waals surface area contributed by atoms with E-state index >= 15 is 0 Å². The summed E-state index contributed by atoms with van der Waals surface area (Å²) in [5, 5.41) is 4.81. The molecular formula is C19H17ClN4O3. The molecule has 1 fully saturated rings. The van der Waals surface area contributed by atoms with E-state index in [1.165, 1.54) is 0 Å². The van der Waals surface area contributed by atoms with Crippen molar-refractivity contribution in [3.05, 3.63) is 53.1 Å². The van der Waals surface area contributed by atoms with Gasteiger partial charge in [-0.25, -0.2) is 0 Å². The Bertz CT molecular complexity index is 963. The molecule has 0 unspecified atom stereocenters. The Balaban J connectivity index is 1.38. The average Bonchev–Trinajstić information content (AvgIpc) is 3.42. The largest absolute Gasteiger partial charge is 0.454 e. The zero-order valence-electron chi connectivity index (χ0n) is 14.5. The first-order valence-electron chi connectivity index (χ1n) is 8.84. The van der Waals surface area contributed by atoms with Crippen molar-refractivity contribution < 1.29 is 14.0 Å². The number of likely N-dealkylation sites (tertiary alicyclic amines) is 1. The number of hydrogen-bond donors (Lipinski definition) is 0.